The minimum Gasteiger partial charge on any atom is -0.481 e. The zero-order valence-corrected chi connectivity index (χ0v) is 11.3. The number of carbonyl (C=O) groups is 1. The zero-order valence-electron chi connectivity index (χ0n) is 9.67. The summed E-state index contributed by atoms with van der Waals surface area (Å²) in [7, 11) is 0. The summed E-state index contributed by atoms with van der Waals surface area (Å²) in [6.45, 7) is 2.77. The Hall–Kier alpha value is -0.520. The maximum Gasteiger partial charge on any atom is 0.307 e. The highest BCUT2D eigenvalue weighted by molar-refractivity contribution is 8.01. The molecule has 2 rings (SSSR count). The Kier molecular flexibility index (Phi) is 4.88. The first kappa shape index (κ1) is 12.9. The molecule has 0 aromatic carbocycles. The van der Waals surface area contributed by atoms with Gasteiger partial charge in [0.25, 0.3) is 0 Å². The van der Waals surface area contributed by atoms with Gasteiger partial charge < -0.3 is 10.0 Å². The molecular weight excluding hydrogens is 254 g/mol. The van der Waals surface area contributed by atoms with Crippen LogP contribution in [0.2, 0.25) is 0 Å². The molecule has 1 unspecified atom stereocenters. The fourth-order valence-corrected chi connectivity index (χ4v) is 3.94. The molecule has 5 heteroatoms. The number of carboxylic acid groups (broad SMARTS) is 1. The summed E-state index contributed by atoms with van der Waals surface area (Å²) in [5.74, 6) is 0.253. The van der Waals surface area contributed by atoms with Crippen molar-refractivity contribution in [2.45, 2.75) is 17.1 Å². The average Bonchev–Trinajstić information content (AvgIpc) is 2.82. The second kappa shape index (κ2) is 6.42. The number of nitrogens with zero attached hydrogens (tertiary/aromatic N) is 1. The predicted molar refractivity (Wildman–Crippen MR) is 71.8 cm³/mol. The lowest BCUT2D eigenvalue weighted by Gasteiger charge is -2.30. The molecule has 3 nitrogen and oxygen atoms in total. The number of hydrogen-bond donors (Lipinski definition) is 1. The monoisotopic (exact) mass is 271 g/mol. The third-order valence-corrected chi connectivity index (χ3v) is 5.11. The Morgan fingerprint density at radius 2 is 2.53 bits per heavy atom. The molecule has 1 aliphatic heterocycles. The zero-order chi connectivity index (χ0) is 12.1. The Labute approximate surface area is 110 Å². The van der Waals surface area contributed by atoms with Crippen molar-refractivity contribution in [1.29, 1.82) is 0 Å². The van der Waals surface area contributed by atoms with Gasteiger partial charge >= 0.3 is 5.97 Å². The molecule has 1 aromatic rings. The molecule has 2 heterocycles. The molecule has 0 amide bonds. The minimum atomic E-state index is -0.638. The van der Waals surface area contributed by atoms with Gasteiger partial charge in [0.2, 0.25) is 0 Å². The number of likely N-dealkylation sites (tertiary alicyclic amines) is 1. The van der Waals surface area contributed by atoms with Gasteiger partial charge in [0.15, 0.2) is 0 Å². The van der Waals surface area contributed by atoms with Crippen LogP contribution < -0.4 is 0 Å². The van der Waals surface area contributed by atoms with Crippen LogP contribution in [-0.2, 0) is 4.79 Å². The van der Waals surface area contributed by atoms with Crippen molar-refractivity contribution in [3.63, 3.8) is 0 Å². The van der Waals surface area contributed by atoms with Gasteiger partial charge in [0.1, 0.15) is 0 Å². The lowest BCUT2D eigenvalue weighted by atomic mass is 9.98. The average molecular weight is 271 g/mol. The smallest absolute Gasteiger partial charge is 0.307 e. The fraction of sp³-hybridized carbons (Fsp3) is 0.583. The van der Waals surface area contributed by atoms with E-state index in [4.69, 9.17) is 5.11 Å². The number of carboxylic acids is 1. The molecule has 1 N–H and O–H groups in total. The molecule has 0 spiro atoms. The van der Waals surface area contributed by atoms with Crippen molar-refractivity contribution in [1.82, 2.24) is 4.90 Å². The van der Waals surface area contributed by atoms with E-state index in [-0.39, 0.29) is 5.92 Å². The van der Waals surface area contributed by atoms with Crippen molar-refractivity contribution < 1.29 is 9.90 Å². The Morgan fingerprint density at radius 3 is 3.24 bits per heavy atom. The first-order chi connectivity index (χ1) is 8.25. The van der Waals surface area contributed by atoms with E-state index < -0.39 is 5.97 Å². The summed E-state index contributed by atoms with van der Waals surface area (Å²) in [5.41, 5.74) is 0. The molecule has 17 heavy (non-hydrogen) atoms. The van der Waals surface area contributed by atoms with Gasteiger partial charge in [-0.2, -0.15) is 0 Å². The van der Waals surface area contributed by atoms with E-state index in [1.54, 1.807) is 11.3 Å². The topological polar surface area (TPSA) is 40.5 Å². The quantitative estimate of drug-likeness (QED) is 0.836. The van der Waals surface area contributed by atoms with Gasteiger partial charge in [-0.25, -0.2) is 0 Å². The number of piperidine rings is 1. The summed E-state index contributed by atoms with van der Waals surface area (Å²) in [6.07, 6.45) is 1.85. The first-order valence-electron chi connectivity index (χ1n) is 5.87. The van der Waals surface area contributed by atoms with Crippen molar-refractivity contribution >= 4 is 29.1 Å². The van der Waals surface area contributed by atoms with E-state index in [0.29, 0.717) is 0 Å². The lowest BCUT2D eigenvalue weighted by Crippen LogP contribution is -2.39. The summed E-state index contributed by atoms with van der Waals surface area (Å²) >= 11 is 3.63. The number of rotatable bonds is 5. The second-order valence-electron chi connectivity index (χ2n) is 4.26. The molecule has 1 saturated heterocycles. The standard InChI is InChI=1S/C12H17NO2S2/c14-12(15)10-3-1-5-13(9-10)6-8-17-11-4-2-7-16-11/h2,4,7,10H,1,3,5-6,8-9H2,(H,14,15). The molecule has 1 aromatic heterocycles. The minimum absolute atomic E-state index is 0.157. The third-order valence-electron chi connectivity index (χ3n) is 3.00. The van der Waals surface area contributed by atoms with Crippen LogP contribution in [-0.4, -0.2) is 41.4 Å². The molecule has 94 valence electrons. The largest absolute Gasteiger partial charge is 0.481 e. The van der Waals surface area contributed by atoms with Gasteiger partial charge in [-0.3, -0.25) is 4.79 Å². The van der Waals surface area contributed by atoms with E-state index in [0.717, 1.165) is 38.2 Å². The Morgan fingerprint density at radius 1 is 1.65 bits per heavy atom. The predicted octanol–water partition coefficient (Wildman–Crippen LogP) is 2.64. The van der Waals surface area contributed by atoms with Crippen molar-refractivity contribution in [3.8, 4) is 0 Å². The van der Waals surface area contributed by atoms with Crippen LogP contribution >= 0.6 is 23.1 Å². The molecule has 1 aliphatic rings. The molecule has 1 atom stereocenters. The highest BCUT2D eigenvalue weighted by Crippen LogP contribution is 2.24. The van der Waals surface area contributed by atoms with Gasteiger partial charge in [0, 0.05) is 18.8 Å². The van der Waals surface area contributed by atoms with Gasteiger partial charge in [-0.1, -0.05) is 6.07 Å². The number of thioether (sulfide) groups is 1. The van der Waals surface area contributed by atoms with E-state index in [9.17, 15) is 4.79 Å². The normalized spacial score (nSPS) is 21.5. The fourth-order valence-electron chi connectivity index (χ4n) is 2.08. The maximum atomic E-state index is 10.9. The van der Waals surface area contributed by atoms with Crippen LogP contribution in [0.15, 0.2) is 21.7 Å². The molecular formula is C12H17NO2S2. The molecule has 0 aliphatic carbocycles. The lowest BCUT2D eigenvalue weighted by molar-refractivity contribution is -0.143. The van der Waals surface area contributed by atoms with Crippen molar-refractivity contribution in [3.05, 3.63) is 17.5 Å². The summed E-state index contributed by atoms with van der Waals surface area (Å²) in [6, 6.07) is 4.19. The highest BCUT2D eigenvalue weighted by atomic mass is 32.2. The highest BCUT2D eigenvalue weighted by Gasteiger charge is 2.24. The third kappa shape index (κ3) is 4.01. The van der Waals surface area contributed by atoms with Gasteiger partial charge in [-0.05, 0) is 30.8 Å². The number of aliphatic carboxylic acids is 1. The van der Waals surface area contributed by atoms with E-state index in [2.05, 4.69) is 22.4 Å². The van der Waals surface area contributed by atoms with Crippen LogP contribution in [0.25, 0.3) is 0 Å². The van der Waals surface area contributed by atoms with Gasteiger partial charge in [0.05, 0.1) is 10.1 Å². The molecule has 0 saturated carbocycles. The van der Waals surface area contributed by atoms with Crippen LogP contribution in [0.4, 0.5) is 0 Å². The Bertz CT molecular complexity index is 353. The summed E-state index contributed by atoms with van der Waals surface area (Å²) < 4.78 is 1.34. The van der Waals surface area contributed by atoms with E-state index >= 15 is 0 Å². The number of hydrogen-bond acceptors (Lipinski definition) is 4. The second-order valence-corrected chi connectivity index (χ2v) is 6.60. The first-order valence-corrected chi connectivity index (χ1v) is 7.73. The molecule has 1 fully saturated rings. The maximum absolute atomic E-state index is 10.9. The van der Waals surface area contributed by atoms with E-state index in [1.807, 2.05) is 11.8 Å². The number of thiophene rings is 1. The summed E-state index contributed by atoms with van der Waals surface area (Å²) in [4.78, 5) is 13.2. The van der Waals surface area contributed by atoms with Crippen LogP contribution in [0.3, 0.4) is 0 Å². The van der Waals surface area contributed by atoms with Crippen molar-refractivity contribution in [2.75, 3.05) is 25.4 Å². The van der Waals surface area contributed by atoms with E-state index in [1.165, 1.54) is 4.21 Å². The molecule has 0 radical (unpaired) electrons. The van der Waals surface area contributed by atoms with Gasteiger partial charge in [-0.15, -0.1) is 23.1 Å². The Balaban J connectivity index is 1.70. The van der Waals surface area contributed by atoms with Crippen molar-refractivity contribution in [2.24, 2.45) is 5.92 Å². The SMILES string of the molecule is O=C(O)C1CCCN(CCSc2cccs2)C1. The van der Waals surface area contributed by atoms with Crippen LogP contribution in [0.1, 0.15) is 12.8 Å². The molecule has 0 bridgehead atoms. The van der Waals surface area contributed by atoms with Crippen LogP contribution in [0, 0.1) is 5.92 Å². The van der Waals surface area contributed by atoms with Crippen LogP contribution in [0.5, 0.6) is 0 Å². The summed E-state index contributed by atoms with van der Waals surface area (Å²) in [5, 5.41) is 11.1.